The van der Waals surface area contributed by atoms with Gasteiger partial charge in [0.2, 0.25) is 0 Å². The molecule has 0 aromatic rings. The van der Waals surface area contributed by atoms with Crippen LogP contribution in [-0.4, -0.2) is 81.2 Å². The van der Waals surface area contributed by atoms with Crippen LogP contribution in [0.4, 0.5) is 0 Å². The number of esters is 2. The summed E-state index contributed by atoms with van der Waals surface area (Å²) < 4.78 is 9.11. The predicted octanol–water partition coefficient (Wildman–Crippen LogP) is -2.69. The molecule has 9 heteroatoms. The zero-order valence-electron chi connectivity index (χ0n) is 12.0. The molecule has 0 saturated heterocycles. The van der Waals surface area contributed by atoms with Gasteiger partial charge in [-0.15, -0.1) is 0 Å². The third-order valence-corrected chi connectivity index (χ3v) is 2.38. The first-order valence-corrected chi connectivity index (χ1v) is 6.20. The van der Waals surface area contributed by atoms with Crippen LogP contribution in [0.1, 0.15) is 20.3 Å². The number of aliphatic hydroxyl groups excluding tert-OH is 3. The van der Waals surface area contributed by atoms with Crippen LogP contribution < -0.4 is 0 Å². The fourth-order valence-corrected chi connectivity index (χ4v) is 0.950. The molecule has 0 rings (SSSR count). The highest BCUT2D eigenvalue weighted by Gasteiger charge is 2.27. The Morgan fingerprint density at radius 3 is 1.86 bits per heavy atom. The molecule has 0 aliphatic rings. The summed E-state index contributed by atoms with van der Waals surface area (Å²) in [6.07, 6.45) is -2.51. The smallest absolute Gasteiger partial charge is 0.335 e. The minimum Gasteiger partial charge on any atom is -0.462 e. The number of carbonyl (C=O) groups excluding carboxylic acids is 2. The minimum atomic E-state index is -1.80. The fourth-order valence-electron chi connectivity index (χ4n) is 0.950. The predicted molar refractivity (Wildman–Crippen MR) is 68.0 cm³/mol. The van der Waals surface area contributed by atoms with E-state index in [1.807, 2.05) is 0 Å². The lowest BCUT2D eigenvalue weighted by Crippen LogP contribution is -2.39. The van der Waals surface area contributed by atoms with Crippen molar-refractivity contribution in [3.05, 3.63) is 0 Å². The molecule has 0 saturated carbocycles. The molecule has 0 fully saturated rings. The number of aliphatic hydroxyl groups is 5. The molecule has 0 heterocycles. The lowest BCUT2D eigenvalue weighted by molar-refractivity contribution is -0.168. The summed E-state index contributed by atoms with van der Waals surface area (Å²) >= 11 is 0. The third-order valence-electron chi connectivity index (χ3n) is 2.38. The van der Waals surface area contributed by atoms with E-state index in [0.717, 1.165) is 0 Å². The average molecular weight is 310 g/mol. The van der Waals surface area contributed by atoms with Gasteiger partial charge in [0.25, 0.3) is 0 Å². The van der Waals surface area contributed by atoms with Crippen LogP contribution >= 0.6 is 0 Å². The molecule has 0 aromatic carbocycles. The summed E-state index contributed by atoms with van der Waals surface area (Å²) in [6.45, 7) is 0.145. The molecule has 0 spiro atoms. The maximum atomic E-state index is 11.3. The van der Waals surface area contributed by atoms with E-state index in [4.69, 9.17) is 10.2 Å². The van der Waals surface area contributed by atoms with Gasteiger partial charge in [-0.1, -0.05) is 0 Å². The minimum absolute atomic E-state index is 0.497. The Labute approximate surface area is 121 Å². The van der Waals surface area contributed by atoms with Crippen molar-refractivity contribution < 1.29 is 44.6 Å². The number of hydrogen-bond donors (Lipinski definition) is 5. The maximum absolute atomic E-state index is 11.3. The van der Waals surface area contributed by atoms with Gasteiger partial charge in [0.05, 0.1) is 19.6 Å². The average Bonchev–Trinajstić information content (AvgIpc) is 2.42. The summed E-state index contributed by atoms with van der Waals surface area (Å²) in [5, 5.41) is 45.7. The molecule has 9 nitrogen and oxygen atoms in total. The lowest BCUT2D eigenvalue weighted by Gasteiger charge is -2.21. The molecule has 0 aromatic heterocycles. The molecule has 124 valence electrons. The Morgan fingerprint density at radius 2 is 1.43 bits per heavy atom. The maximum Gasteiger partial charge on any atom is 0.335 e. The number of ether oxygens (including phenoxy) is 2. The molecule has 0 aliphatic carbocycles. The molecule has 3 atom stereocenters. The molecule has 0 amide bonds. The van der Waals surface area contributed by atoms with E-state index in [1.54, 1.807) is 0 Å². The molecule has 0 bridgehead atoms. The topological polar surface area (TPSA) is 154 Å². The summed E-state index contributed by atoms with van der Waals surface area (Å²) in [4.78, 5) is 22.6. The van der Waals surface area contributed by atoms with Crippen LogP contribution in [0, 0.1) is 0 Å². The molecular weight excluding hydrogens is 288 g/mol. The second kappa shape index (κ2) is 8.25. The van der Waals surface area contributed by atoms with Gasteiger partial charge in [-0.05, 0) is 13.8 Å². The Hall–Kier alpha value is -1.26. The van der Waals surface area contributed by atoms with Crippen molar-refractivity contribution in [2.24, 2.45) is 0 Å². The van der Waals surface area contributed by atoms with Gasteiger partial charge < -0.3 is 35.0 Å². The van der Waals surface area contributed by atoms with Crippen LogP contribution in [0.3, 0.4) is 0 Å². The van der Waals surface area contributed by atoms with Crippen molar-refractivity contribution in [3.8, 4) is 0 Å². The van der Waals surface area contributed by atoms with Gasteiger partial charge in [0, 0.05) is 0 Å². The van der Waals surface area contributed by atoms with E-state index in [2.05, 4.69) is 9.47 Å². The Bertz CT molecular complexity index is 351. The van der Waals surface area contributed by atoms with Crippen LogP contribution in [0.5, 0.6) is 0 Å². The van der Waals surface area contributed by atoms with Gasteiger partial charge in [0.1, 0.15) is 24.4 Å². The summed E-state index contributed by atoms with van der Waals surface area (Å²) in [5.74, 6) is -2.13. The van der Waals surface area contributed by atoms with Crippen molar-refractivity contribution in [2.45, 2.75) is 37.6 Å². The van der Waals surface area contributed by atoms with E-state index in [1.165, 1.54) is 13.8 Å². The second-order valence-electron chi connectivity index (χ2n) is 5.30. The fraction of sp³-hybridized carbons (Fsp3) is 0.833. The second-order valence-corrected chi connectivity index (χ2v) is 5.30. The lowest BCUT2D eigenvalue weighted by atomic mass is 10.1. The number of rotatable bonds is 9. The van der Waals surface area contributed by atoms with E-state index in [0.29, 0.717) is 0 Å². The standard InChI is InChI=1S/C12H22O9/c1-11(18,4-13)6-20-9(16)3-8(15)10(17)21-7-12(2,19)5-14/h8,13-15,18-19H,3-7H2,1-2H3. The summed E-state index contributed by atoms with van der Waals surface area (Å²) in [7, 11) is 0. The summed E-state index contributed by atoms with van der Waals surface area (Å²) in [5.41, 5.74) is -3.25. The van der Waals surface area contributed by atoms with Gasteiger partial charge >= 0.3 is 11.9 Å². The molecule has 0 aliphatic heterocycles. The normalized spacial score (nSPS) is 18.2. The van der Waals surface area contributed by atoms with Crippen molar-refractivity contribution in [1.29, 1.82) is 0 Å². The largest absolute Gasteiger partial charge is 0.462 e. The van der Waals surface area contributed by atoms with Crippen LogP contribution in [-0.2, 0) is 19.1 Å². The van der Waals surface area contributed by atoms with Crippen molar-refractivity contribution in [3.63, 3.8) is 0 Å². The van der Waals surface area contributed by atoms with Gasteiger partial charge in [0.15, 0.2) is 6.10 Å². The van der Waals surface area contributed by atoms with E-state index >= 15 is 0 Å². The van der Waals surface area contributed by atoms with Crippen LogP contribution in [0.2, 0.25) is 0 Å². The first kappa shape index (κ1) is 19.7. The summed E-state index contributed by atoms with van der Waals surface area (Å²) in [6, 6.07) is 0. The van der Waals surface area contributed by atoms with Gasteiger partial charge in [-0.25, -0.2) is 4.79 Å². The Morgan fingerprint density at radius 1 is 1.00 bits per heavy atom. The van der Waals surface area contributed by atoms with Gasteiger partial charge in [-0.3, -0.25) is 4.79 Å². The van der Waals surface area contributed by atoms with Crippen LogP contribution in [0.15, 0.2) is 0 Å². The van der Waals surface area contributed by atoms with Crippen LogP contribution in [0.25, 0.3) is 0 Å². The zero-order valence-corrected chi connectivity index (χ0v) is 12.0. The van der Waals surface area contributed by atoms with E-state index in [-0.39, 0.29) is 0 Å². The highest BCUT2D eigenvalue weighted by Crippen LogP contribution is 2.07. The number of carbonyl (C=O) groups is 2. The highest BCUT2D eigenvalue weighted by molar-refractivity contribution is 5.81. The molecule has 3 unspecified atom stereocenters. The van der Waals surface area contributed by atoms with Crippen molar-refractivity contribution in [1.82, 2.24) is 0 Å². The molecule has 21 heavy (non-hydrogen) atoms. The van der Waals surface area contributed by atoms with E-state index < -0.39 is 62.1 Å². The molecular formula is C12H22O9. The van der Waals surface area contributed by atoms with Crippen molar-refractivity contribution in [2.75, 3.05) is 26.4 Å². The first-order valence-electron chi connectivity index (χ1n) is 6.20. The van der Waals surface area contributed by atoms with Crippen molar-refractivity contribution >= 4 is 11.9 Å². The van der Waals surface area contributed by atoms with E-state index in [9.17, 15) is 24.9 Å². The molecule has 0 radical (unpaired) electrons. The highest BCUT2D eigenvalue weighted by atomic mass is 16.6. The zero-order chi connectivity index (χ0) is 16.7. The number of hydrogen-bond acceptors (Lipinski definition) is 9. The Kier molecular flexibility index (Phi) is 7.75. The quantitative estimate of drug-likeness (QED) is 0.286. The molecule has 5 N–H and O–H groups in total. The monoisotopic (exact) mass is 310 g/mol. The van der Waals surface area contributed by atoms with Gasteiger partial charge in [-0.2, -0.15) is 0 Å². The third kappa shape index (κ3) is 8.58. The Balaban J connectivity index is 4.15. The SMILES string of the molecule is CC(O)(CO)COC(=O)CC(O)C(=O)OCC(C)(O)CO. The first-order chi connectivity index (χ1) is 9.53.